The van der Waals surface area contributed by atoms with E-state index in [1.165, 1.54) is 69.8 Å². The zero-order chi connectivity index (χ0) is 15.1. The lowest BCUT2D eigenvalue weighted by molar-refractivity contribution is 0.598. The van der Waals surface area contributed by atoms with Crippen molar-refractivity contribution in [1.29, 1.82) is 0 Å². The third kappa shape index (κ3) is 15.3. The summed E-state index contributed by atoms with van der Waals surface area (Å²) in [6, 6.07) is 0. The van der Waals surface area contributed by atoms with Crippen molar-refractivity contribution in [3.8, 4) is 0 Å². The van der Waals surface area contributed by atoms with Crippen molar-refractivity contribution >= 4 is 0 Å². The maximum Gasteiger partial charge on any atom is -0.0259 e. The summed E-state index contributed by atoms with van der Waals surface area (Å²) in [5.41, 5.74) is 1.44. The Morgan fingerprint density at radius 1 is 0.900 bits per heavy atom. The molecular formula is C20H36. The minimum atomic E-state index is 0.726. The lowest BCUT2D eigenvalue weighted by atomic mass is 10.0. The molecule has 0 spiro atoms. The van der Waals surface area contributed by atoms with Gasteiger partial charge in [-0.05, 0) is 58.3 Å². The second kappa shape index (κ2) is 14.6. The summed E-state index contributed by atoms with van der Waals surface area (Å²) in [7, 11) is 0. The van der Waals surface area contributed by atoms with Crippen LogP contribution in [-0.2, 0) is 0 Å². The first-order valence-corrected chi connectivity index (χ1v) is 8.57. The molecule has 0 radical (unpaired) electrons. The second-order valence-corrected chi connectivity index (χ2v) is 6.25. The van der Waals surface area contributed by atoms with E-state index in [4.69, 9.17) is 0 Å². The van der Waals surface area contributed by atoms with Gasteiger partial charge in [0.25, 0.3) is 0 Å². The molecule has 1 unspecified atom stereocenters. The molecule has 0 nitrogen and oxygen atoms in total. The molecule has 0 saturated heterocycles. The average molecular weight is 277 g/mol. The van der Waals surface area contributed by atoms with Crippen LogP contribution in [0.4, 0.5) is 0 Å². The highest BCUT2D eigenvalue weighted by Crippen LogP contribution is 2.12. The number of hydrogen-bond donors (Lipinski definition) is 0. The lowest BCUT2D eigenvalue weighted by Crippen LogP contribution is -1.88. The molecule has 0 aliphatic carbocycles. The van der Waals surface area contributed by atoms with E-state index in [2.05, 4.69) is 45.6 Å². The minimum Gasteiger partial charge on any atom is -0.103 e. The van der Waals surface area contributed by atoms with Gasteiger partial charge in [0.15, 0.2) is 0 Å². The molecule has 0 bridgehead atoms. The fraction of sp³-hybridized carbons (Fsp3) is 0.700. The molecule has 0 aromatic rings. The summed E-state index contributed by atoms with van der Waals surface area (Å²) in [4.78, 5) is 0. The third-order valence-electron chi connectivity index (χ3n) is 3.67. The van der Waals surface area contributed by atoms with Gasteiger partial charge >= 0.3 is 0 Å². The first-order chi connectivity index (χ1) is 9.66. The van der Waals surface area contributed by atoms with Crippen LogP contribution in [-0.4, -0.2) is 0 Å². The number of hydrogen-bond acceptors (Lipinski definition) is 0. The zero-order valence-corrected chi connectivity index (χ0v) is 14.2. The molecule has 0 saturated carbocycles. The van der Waals surface area contributed by atoms with Gasteiger partial charge in [0.2, 0.25) is 0 Å². The minimum absolute atomic E-state index is 0.726. The van der Waals surface area contributed by atoms with E-state index >= 15 is 0 Å². The van der Waals surface area contributed by atoms with E-state index < -0.39 is 0 Å². The van der Waals surface area contributed by atoms with Crippen molar-refractivity contribution in [2.75, 3.05) is 0 Å². The van der Waals surface area contributed by atoms with Crippen molar-refractivity contribution in [3.05, 3.63) is 36.5 Å². The Morgan fingerprint density at radius 2 is 1.50 bits per heavy atom. The van der Waals surface area contributed by atoms with Gasteiger partial charge in [-0.15, -0.1) is 6.58 Å². The van der Waals surface area contributed by atoms with E-state index in [0.29, 0.717) is 0 Å². The quantitative estimate of drug-likeness (QED) is 0.246. The smallest absolute Gasteiger partial charge is 0.0259 e. The van der Waals surface area contributed by atoms with Crippen molar-refractivity contribution in [2.45, 2.75) is 85.0 Å². The van der Waals surface area contributed by atoms with E-state index in [1.807, 2.05) is 6.08 Å². The van der Waals surface area contributed by atoms with Crippen molar-refractivity contribution in [2.24, 2.45) is 5.92 Å². The molecule has 116 valence electrons. The fourth-order valence-electron chi connectivity index (χ4n) is 2.32. The van der Waals surface area contributed by atoms with Crippen LogP contribution >= 0.6 is 0 Å². The molecule has 20 heavy (non-hydrogen) atoms. The second-order valence-electron chi connectivity index (χ2n) is 6.25. The summed E-state index contributed by atoms with van der Waals surface area (Å²) in [5, 5.41) is 0. The summed E-state index contributed by atoms with van der Waals surface area (Å²) in [5.74, 6) is 0.726. The molecule has 0 aromatic heterocycles. The normalized spacial score (nSPS) is 12.6. The Labute approximate surface area is 128 Å². The molecule has 0 N–H and O–H groups in total. The van der Waals surface area contributed by atoms with Gasteiger partial charge in [-0.2, -0.15) is 0 Å². The lowest BCUT2D eigenvalue weighted by Gasteiger charge is -2.04. The van der Waals surface area contributed by atoms with Gasteiger partial charge in [-0.1, -0.05) is 62.5 Å². The van der Waals surface area contributed by atoms with Crippen LogP contribution in [0.1, 0.15) is 85.0 Å². The van der Waals surface area contributed by atoms with Crippen LogP contribution < -0.4 is 0 Å². The number of rotatable bonds is 13. The standard InChI is InChI=1S/C20H36/c1-5-6-7-8-9-10-11-12-13-14-17-20(4)18-15-16-19(2)3/h5,14,16-17,20H,1,6-13,15,18H2,2-4H3/b17-14+. The highest BCUT2D eigenvalue weighted by atomic mass is 14.0. The molecule has 0 heteroatoms. The maximum absolute atomic E-state index is 3.76. The molecule has 0 fully saturated rings. The monoisotopic (exact) mass is 276 g/mol. The van der Waals surface area contributed by atoms with Crippen LogP contribution in [0.25, 0.3) is 0 Å². The molecular weight excluding hydrogens is 240 g/mol. The van der Waals surface area contributed by atoms with Crippen LogP contribution in [0, 0.1) is 5.92 Å². The first-order valence-electron chi connectivity index (χ1n) is 8.57. The Kier molecular flexibility index (Phi) is 14.1. The summed E-state index contributed by atoms with van der Waals surface area (Å²) < 4.78 is 0. The van der Waals surface area contributed by atoms with E-state index in [0.717, 1.165) is 5.92 Å². The van der Waals surface area contributed by atoms with E-state index in [1.54, 1.807) is 0 Å². The Morgan fingerprint density at radius 3 is 2.10 bits per heavy atom. The highest BCUT2D eigenvalue weighted by Gasteiger charge is 1.95. The Balaban J connectivity index is 3.34. The van der Waals surface area contributed by atoms with Crippen LogP contribution in [0.3, 0.4) is 0 Å². The predicted molar refractivity (Wildman–Crippen MR) is 94.1 cm³/mol. The summed E-state index contributed by atoms with van der Waals surface area (Å²) in [6.07, 6.45) is 22.4. The fourth-order valence-corrected chi connectivity index (χ4v) is 2.32. The largest absolute Gasteiger partial charge is 0.103 e. The van der Waals surface area contributed by atoms with E-state index in [-0.39, 0.29) is 0 Å². The van der Waals surface area contributed by atoms with Gasteiger partial charge in [0, 0.05) is 0 Å². The molecule has 0 heterocycles. The van der Waals surface area contributed by atoms with E-state index in [9.17, 15) is 0 Å². The summed E-state index contributed by atoms with van der Waals surface area (Å²) >= 11 is 0. The van der Waals surface area contributed by atoms with Gasteiger partial charge in [0.05, 0.1) is 0 Å². The van der Waals surface area contributed by atoms with Crippen molar-refractivity contribution in [1.82, 2.24) is 0 Å². The molecule has 0 amide bonds. The topological polar surface area (TPSA) is 0 Å². The van der Waals surface area contributed by atoms with Gasteiger partial charge in [0.1, 0.15) is 0 Å². The average Bonchev–Trinajstić information content (AvgIpc) is 2.40. The maximum atomic E-state index is 3.76. The molecule has 0 aliphatic rings. The third-order valence-corrected chi connectivity index (χ3v) is 3.67. The first kappa shape index (κ1) is 19.2. The summed E-state index contributed by atoms with van der Waals surface area (Å²) in [6.45, 7) is 10.4. The Bertz CT molecular complexity index is 266. The molecule has 0 aromatic carbocycles. The number of allylic oxidation sites excluding steroid dienone is 5. The Hall–Kier alpha value is -0.780. The number of unbranched alkanes of at least 4 members (excludes halogenated alkanes) is 7. The van der Waals surface area contributed by atoms with Gasteiger partial charge < -0.3 is 0 Å². The van der Waals surface area contributed by atoms with Crippen LogP contribution in [0.2, 0.25) is 0 Å². The predicted octanol–water partition coefficient (Wildman–Crippen LogP) is 7.23. The van der Waals surface area contributed by atoms with Crippen molar-refractivity contribution in [3.63, 3.8) is 0 Å². The SMILES string of the molecule is C=CCCCCCCCC/C=C/C(C)CCC=C(C)C. The molecule has 1 atom stereocenters. The molecule has 0 aliphatic heterocycles. The van der Waals surface area contributed by atoms with Gasteiger partial charge in [-0.25, -0.2) is 0 Å². The van der Waals surface area contributed by atoms with Crippen LogP contribution in [0.15, 0.2) is 36.5 Å². The van der Waals surface area contributed by atoms with Gasteiger partial charge in [-0.3, -0.25) is 0 Å². The van der Waals surface area contributed by atoms with Crippen LogP contribution in [0.5, 0.6) is 0 Å². The molecule has 0 rings (SSSR count). The highest BCUT2D eigenvalue weighted by molar-refractivity contribution is 4.94. The van der Waals surface area contributed by atoms with Crippen molar-refractivity contribution < 1.29 is 0 Å². The zero-order valence-electron chi connectivity index (χ0n) is 14.2.